The molecule has 8 heteroatoms. The quantitative estimate of drug-likeness (QED) is 0.306. The fraction of sp³-hybridized carbons (Fsp3) is 0.214. The maximum Gasteiger partial charge on any atom is 0.513 e. The molecule has 4 aromatic rings. The zero-order valence-corrected chi connectivity index (χ0v) is 20.2. The summed E-state index contributed by atoms with van der Waals surface area (Å²) in [5, 5.41) is 4.25. The van der Waals surface area contributed by atoms with Crippen molar-refractivity contribution in [1.29, 1.82) is 0 Å². The van der Waals surface area contributed by atoms with Crippen molar-refractivity contribution in [3.05, 3.63) is 83.7 Å². The van der Waals surface area contributed by atoms with E-state index in [1.54, 1.807) is 6.07 Å². The minimum atomic E-state index is -0.751. The van der Waals surface area contributed by atoms with Gasteiger partial charge in [0.1, 0.15) is 11.6 Å². The molecule has 0 spiro atoms. The van der Waals surface area contributed by atoms with Crippen LogP contribution in [0.5, 0.6) is 5.75 Å². The van der Waals surface area contributed by atoms with E-state index in [9.17, 15) is 9.59 Å². The number of carbonyl (C=O) groups is 2. The highest BCUT2D eigenvalue weighted by Crippen LogP contribution is 2.31. The molecule has 0 aliphatic carbocycles. The number of carbonyl (C=O) groups excluding carboxylic acids is 2. The van der Waals surface area contributed by atoms with Crippen molar-refractivity contribution in [3.63, 3.8) is 0 Å². The third-order valence-electron chi connectivity index (χ3n) is 6.23. The van der Waals surface area contributed by atoms with E-state index >= 15 is 0 Å². The van der Waals surface area contributed by atoms with Gasteiger partial charge in [-0.25, -0.2) is 15.2 Å². The van der Waals surface area contributed by atoms with Crippen LogP contribution >= 0.6 is 0 Å². The minimum absolute atomic E-state index is 0.0546. The van der Waals surface area contributed by atoms with E-state index in [2.05, 4.69) is 45.0 Å². The van der Waals surface area contributed by atoms with Crippen LogP contribution in [0.4, 0.5) is 4.79 Å². The molecule has 1 N–H and O–H groups in total. The van der Waals surface area contributed by atoms with Gasteiger partial charge in [0.15, 0.2) is 0 Å². The lowest BCUT2D eigenvalue weighted by Crippen LogP contribution is -2.25. The molecule has 0 unspecified atom stereocenters. The second-order valence-corrected chi connectivity index (χ2v) is 8.51. The Balaban J connectivity index is 1.44. The number of fused-ring (bicyclic) bond motifs is 1. The lowest BCUT2D eigenvalue weighted by molar-refractivity contribution is -0.121. The second-order valence-electron chi connectivity index (χ2n) is 8.51. The molecular formula is C28H26N4O4. The summed E-state index contributed by atoms with van der Waals surface area (Å²) in [5.74, 6) is 1.39. The molecule has 8 nitrogen and oxygen atoms in total. The number of nitrogens with zero attached hydrogens (tertiary/aromatic N) is 3. The first-order valence-corrected chi connectivity index (χ1v) is 11.8. The van der Waals surface area contributed by atoms with Crippen molar-refractivity contribution >= 4 is 28.8 Å². The first kappa shape index (κ1) is 23.3. The number of amides is 1. The summed E-state index contributed by atoms with van der Waals surface area (Å²) < 4.78 is 12.2. The second kappa shape index (κ2) is 10.0. The Bertz CT molecular complexity index is 1470. The third-order valence-corrected chi connectivity index (χ3v) is 6.23. The van der Waals surface area contributed by atoms with Crippen molar-refractivity contribution < 1.29 is 19.1 Å². The van der Waals surface area contributed by atoms with Gasteiger partial charge in [0, 0.05) is 31.4 Å². The number of hydrogen-bond donors (Lipinski definition) is 1. The molecule has 0 saturated heterocycles. The number of hydrogen-bond acceptors (Lipinski definition) is 6. The Kier molecular flexibility index (Phi) is 6.49. The number of para-hydroxylation sites is 1. The predicted molar refractivity (Wildman–Crippen MR) is 137 cm³/mol. The standard InChI is InChI=1S/C28H26N4O4/c1-3-26-29-23-13-12-20(22-14-15-27(33)31-30-22)16-24(23)32(26)17-18-8-10-19(11-9-18)21-6-4-5-7-25(21)36-28(34)35-2/h4-13,16H,3,14-15,17H2,1-2H3,(H,31,33). The molecule has 1 aromatic heterocycles. The van der Waals surface area contributed by atoms with E-state index < -0.39 is 6.16 Å². The molecule has 0 saturated carbocycles. The summed E-state index contributed by atoms with van der Waals surface area (Å²) >= 11 is 0. The van der Waals surface area contributed by atoms with Gasteiger partial charge in [-0.05, 0) is 34.9 Å². The Morgan fingerprint density at radius 1 is 1.03 bits per heavy atom. The molecule has 0 atom stereocenters. The van der Waals surface area contributed by atoms with Crippen LogP contribution in [0.15, 0.2) is 71.8 Å². The average Bonchev–Trinajstić information content (AvgIpc) is 3.26. The topological polar surface area (TPSA) is 94.8 Å². The molecule has 0 radical (unpaired) electrons. The lowest BCUT2D eigenvalue weighted by Gasteiger charge is -2.13. The number of rotatable bonds is 6. The van der Waals surface area contributed by atoms with Crippen LogP contribution in [0.3, 0.4) is 0 Å². The van der Waals surface area contributed by atoms with Gasteiger partial charge in [-0.15, -0.1) is 0 Å². The van der Waals surface area contributed by atoms with Gasteiger partial charge in [-0.2, -0.15) is 5.10 Å². The van der Waals surface area contributed by atoms with Crippen molar-refractivity contribution in [2.24, 2.45) is 5.10 Å². The van der Waals surface area contributed by atoms with E-state index in [4.69, 9.17) is 9.72 Å². The smallest absolute Gasteiger partial charge is 0.437 e. The summed E-state index contributed by atoms with van der Waals surface area (Å²) in [7, 11) is 1.29. The lowest BCUT2D eigenvalue weighted by atomic mass is 10.0. The van der Waals surface area contributed by atoms with Crippen molar-refractivity contribution in [3.8, 4) is 16.9 Å². The molecule has 5 rings (SSSR count). The molecule has 0 bridgehead atoms. The van der Waals surface area contributed by atoms with Crippen LogP contribution in [0, 0.1) is 0 Å². The summed E-state index contributed by atoms with van der Waals surface area (Å²) in [6.07, 6.45) is 1.11. The van der Waals surface area contributed by atoms with E-state index in [-0.39, 0.29) is 5.91 Å². The monoisotopic (exact) mass is 482 g/mol. The molecule has 3 aromatic carbocycles. The summed E-state index contributed by atoms with van der Waals surface area (Å²) in [5.41, 5.74) is 9.27. The largest absolute Gasteiger partial charge is 0.513 e. The summed E-state index contributed by atoms with van der Waals surface area (Å²) in [6, 6.07) is 21.7. The van der Waals surface area contributed by atoms with E-state index in [1.807, 2.05) is 42.5 Å². The Morgan fingerprint density at radius 2 is 1.81 bits per heavy atom. The highest BCUT2D eigenvalue weighted by molar-refractivity contribution is 6.05. The molecule has 1 amide bonds. The molecule has 36 heavy (non-hydrogen) atoms. The number of aromatic nitrogens is 2. The number of hydrazone groups is 1. The number of ether oxygens (including phenoxy) is 2. The van der Waals surface area contributed by atoms with Gasteiger partial charge in [0.05, 0.1) is 23.9 Å². The zero-order valence-electron chi connectivity index (χ0n) is 20.2. The molecule has 0 fully saturated rings. The highest BCUT2D eigenvalue weighted by Gasteiger charge is 2.17. The molecule has 2 heterocycles. The van der Waals surface area contributed by atoms with E-state index in [1.165, 1.54) is 7.11 Å². The van der Waals surface area contributed by atoms with Crippen molar-refractivity contribution in [2.75, 3.05) is 7.11 Å². The maximum atomic E-state index is 11.6. The number of nitrogens with one attached hydrogen (secondary N) is 1. The Labute approximate surface area is 208 Å². The number of methoxy groups -OCH3 is 1. The molecule has 182 valence electrons. The molecule has 1 aliphatic heterocycles. The van der Waals surface area contributed by atoms with Gasteiger partial charge >= 0.3 is 6.16 Å². The number of aryl methyl sites for hydroxylation is 1. The maximum absolute atomic E-state index is 11.6. The van der Waals surface area contributed by atoms with Crippen LogP contribution in [0.2, 0.25) is 0 Å². The van der Waals surface area contributed by atoms with Crippen LogP contribution in [-0.2, 0) is 22.5 Å². The summed E-state index contributed by atoms with van der Waals surface area (Å²) in [6.45, 7) is 2.76. The van der Waals surface area contributed by atoms with Gasteiger partial charge in [-0.1, -0.05) is 55.5 Å². The zero-order chi connectivity index (χ0) is 25.1. The Morgan fingerprint density at radius 3 is 2.53 bits per heavy atom. The van der Waals surface area contributed by atoms with Crippen LogP contribution < -0.4 is 10.2 Å². The Hall–Kier alpha value is -4.46. The van der Waals surface area contributed by atoms with Gasteiger partial charge in [-0.3, -0.25) is 4.79 Å². The SMILES string of the molecule is CCc1nc2ccc(C3=NNC(=O)CC3)cc2n1Cc1ccc(-c2ccccc2OC(=O)OC)cc1. The van der Waals surface area contributed by atoms with Crippen molar-refractivity contribution in [1.82, 2.24) is 15.0 Å². The van der Waals surface area contributed by atoms with Crippen molar-refractivity contribution in [2.45, 2.75) is 32.7 Å². The minimum Gasteiger partial charge on any atom is -0.437 e. The fourth-order valence-electron chi connectivity index (χ4n) is 4.38. The van der Waals surface area contributed by atoms with Crippen LogP contribution in [-0.4, -0.2) is 34.4 Å². The number of imidazole rings is 1. The molecular weight excluding hydrogens is 456 g/mol. The first-order chi connectivity index (χ1) is 17.6. The van der Waals surface area contributed by atoms with Gasteiger partial charge < -0.3 is 14.0 Å². The fourth-order valence-corrected chi connectivity index (χ4v) is 4.38. The predicted octanol–water partition coefficient (Wildman–Crippen LogP) is 5.07. The number of benzene rings is 3. The van der Waals surface area contributed by atoms with E-state index in [0.29, 0.717) is 25.1 Å². The normalized spacial score (nSPS) is 13.3. The van der Waals surface area contributed by atoms with Crippen LogP contribution in [0.1, 0.15) is 36.7 Å². The third kappa shape index (κ3) is 4.70. The van der Waals surface area contributed by atoms with E-state index in [0.717, 1.165) is 51.2 Å². The summed E-state index contributed by atoms with van der Waals surface area (Å²) in [4.78, 5) is 27.9. The first-order valence-electron chi connectivity index (χ1n) is 11.8. The molecule has 1 aliphatic rings. The highest BCUT2D eigenvalue weighted by atomic mass is 16.7. The van der Waals surface area contributed by atoms with Crippen LogP contribution in [0.25, 0.3) is 22.2 Å². The average molecular weight is 483 g/mol. The van der Waals surface area contributed by atoms with Gasteiger partial charge in [0.2, 0.25) is 5.91 Å². The van der Waals surface area contributed by atoms with Gasteiger partial charge in [0.25, 0.3) is 0 Å².